The van der Waals surface area contributed by atoms with Crippen molar-refractivity contribution in [2.75, 3.05) is 13.2 Å². The smallest absolute Gasteiger partial charge is 0.460 e. The normalized spacial score (nSPS) is 13.5. The summed E-state index contributed by atoms with van der Waals surface area (Å²) in [6.45, 7) is 6.25. The van der Waals surface area contributed by atoms with Gasteiger partial charge < -0.3 is 14.0 Å². The van der Waals surface area contributed by atoms with Crippen molar-refractivity contribution in [3.05, 3.63) is 70.3 Å². The molecule has 11 nitrogen and oxygen atoms in total. The molecule has 0 radical (unpaired) electrons. The number of carbonyl (C=O) groups excluding carboxylic acids is 2. The van der Waals surface area contributed by atoms with E-state index in [-0.39, 0.29) is 31.1 Å². The Kier molecular flexibility index (Phi) is 25.2. The van der Waals surface area contributed by atoms with Gasteiger partial charge in [0.05, 0.1) is 18.1 Å². The summed E-state index contributed by atoms with van der Waals surface area (Å²) in [5, 5.41) is 14.0. The number of nitrogens with zero attached hydrogens (tertiary/aromatic N) is 1. The van der Waals surface area contributed by atoms with Crippen LogP contribution in [0, 0.1) is 10.1 Å². The Morgan fingerprint density at radius 3 is 1.57 bits per heavy atom. The van der Waals surface area contributed by atoms with Crippen LogP contribution < -0.4 is 9.61 Å². The molecule has 0 saturated carbocycles. The minimum absolute atomic E-state index is 0.0143. The number of nitro benzene ring substituents is 1. The third-order valence-electron chi connectivity index (χ3n) is 9.27. The SMILES string of the molecule is CCCCCCCCCCCCOC(=O)[C@H](Cc1ccccc1)NP(=O)(Oc1ccc([N+](=O)[O-])cc1)O[C@@H](C)C(=O)OCCCCCCCCCCCC. The first-order chi connectivity index (χ1) is 26.2. The lowest BCUT2D eigenvalue weighted by molar-refractivity contribution is -0.384. The Balaban J connectivity index is 2.02. The van der Waals surface area contributed by atoms with Crippen LogP contribution in [0.3, 0.4) is 0 Å². The first-order valence-electron chi connectivity index (χ1n) is 20.5. The molecule has 54 heavy (non-hydrogen) atoms. The van der Waals surface area contributed by atoms with E-state index in [2.05, 4.69) is 18.9 Å². The maximum Gasteiger partial charge on any atom is 0.460 e. The molecule has 0 saturated heterocycles. The number of hydrogen-bond acceptors (Lipinski definition) is 9. The van der Waals surface area contributed by atoms with Gasteiger partial charge in [-0.15, -0.1) is 0 Å². The zero-order valence-electron chi connectivity index (χ0n) is 33.2. The standard InChI is InChI=1S/C42H67N2O9P/c1-4-6-8-10-12-14-16-18-20-25-33-50-41(45)36(3)52-54(49,53-39-31-29-38(30-32-39)44(47)48)43-40(35-37-27-23-22-24-28-37)42(46)51-34-26-21-19-17-15-13-11-9-7-5-2/h22-24,27-32,36,40H,4-21,25-26,33-35H2,1-3H3,(H,43,49)/t36-,40-,54?/m0/s1. The van der Waals surface area contributed by atoms with Crippen molar-refractivity contribution in [1.29, 1.82) is 0 Å². The molecule has 0 fully saturated rings. The van der Waals surface area contributed by atoms with Gasteiger partial charge >= 0.3 is 19.7 Å². The average molecular weight is 775 g/mol. The van der Waals surface area contributed by atoms with E-state index in [4.69, 9.17) is 18.5 Å². The van der Waals surface area contributed by atoms with Crippen LogP contribution in [0.1, 0.15) is 155 Å². The average Bonchev–Trinajstić information content (AvgIpc) is 3.16. The minimum Gasteiger partial charge on any atom is -0.465 e. The van der Waals surface area contributed by atoms with Crippen molar-refractivity contribution in [3.8, 4) is 5.75 Å². The van der Waals surface area contributed by atoms with Crippen LogP contribution in [-0.4, -0.2) is 42.2 Å². The molecule has 2 aromatic carbocycles. The van der Waals surface area contributed by atoms with E-state index in [1.165, 1.54) is 108 Å². The van der Waals surface area contributed by atoms with Gasteiger partial charge in [0.2, 0.25) is 0 Å². The summed E-state index contributed by atoms with van der Waals surface area (Å²) in [6.07, 6.45) is 21.6. The Hall–Kier alpha value is -3.27. The Morgan fingerprint density at radius 2 is 1.11 bits per heavy atom. The second-order valence-electron chi connectivity index (χ2n) is 14.2. The monoisotopic (exact) mass is 774 g/mol. The first kappa shape index (κ1) is 46.9. The predicted molar refractivity (Wildman–Crippen MR) is 215 cm³/mol. The molecule has 0 aromatic heterocycles. The van der Waals surface area contributed by atoms with Crippen LogP contribution in [-0.2, 0) is 34.6 Å². The minimum atomic E-state index is -4.49. The van der Waals surface area contributed by atoms with E-state index in [1.807, 2.05) is 30.3 Å². The molecule has 0 aliphatic heterocycles. The molecule has 2 rings (SSSR count). The van der Waals surface area contributed by atoms with Crippen molar-refractivity contribution >= 4 is 25.4 Å². The first-order valence-corrected chi connectivity index (χ1v) is 22.1. The Morgan fingerprint density at radius 1 is 0.667 bits per heavy atom. The summed E-state index contributed by atoms with van der Waals surface area (Å²) in [4.78, 5) is 37.1. The van der Waals surface area contributed by atoms with Crippen LogP contribution >= 0.6 is 7.75 Å². The van der Waals surface area contributed by atoms with Gasteiger partial charge in [-0.2, -0.15) is 5.09 Å². The lowest BCUT2D eigenvalue weighted by Gasteiger charge is -2.26. The van der Waals surface area contributed by atoms with E-state index >= 15 is 0 Å². The molecule has 0 amide bonds. The van der Waals surface area contributed by atoms with Gasteiger partial charge in [0.1, 0.15) is 11.8 Å². The van der Waals surface area contributed by atoms with Gasteiger partial charge in [0, 0.05) is 12.1 Å². The number of unbranched alkanes of at least 4 members (excludes halogenated alkanes) is 18. The Bertz CT molecular complexity index is 1340. The third-order valence-corrected chi connectivity index (χ3v) is 10.9. The van der Waals surface area contributed by atoms with Crippen LogP contribution in [0.5, 0.6) is 5.75 Å². The molecule has 12 heteroatoms. The van der Waals surface area contributed by atoms with Gasteiger partial charge in [-0.1, -0.05) is 160 Å². The second kappa shape index (κ2) is 29.1. The fourth-order valence-electron chi connectivity index (χ4n) is 6.06. The number of esters is 2. The summed E-state index contributed by atoms with van der Waals surface area (Å²) >= 11 is 0. The molecule has 3 atom stereocenters. The van der Waals surface area contributed by atoms with Crippen LogP contribution in [0.2, 0.25) is 0 Å². The molecule has 1 N–H and O–H groups in total. The van der Waals surface area contributed by atoms with Gasteiger partial charge in [-0.3, -0.25) is 19.4 Å². The molecule has 0 aliphatic rings. The molecule has 0 aliphatic carbocycles. The molecule has 1 unspecified atom stereocenters. The van der Waals surface area contributed by atoms with Crippen LogP contribution in [0.15, 0.2) is 54.6 Å². The van der Waals surface area contributed by atoms with E-state index in [1.54, 1.807) is 0 Å². The number of nitrogens with one attached hydrogen (secondary N) is 1. The number of non-ortho nitro benzene ring substituents is 1. The molecular weight excluding hydrogens is 707 g/mol. The van der Waals surface area contributed by atoms with Crippen molar-refractivity contribution < 1.29 is 37.6 Å². The lowest BCUT2D eigenvalue weighted by Crippen LogP contribution is -2.40. The number of carbonyl (C=O) groups is 2. The fourth-order valence-corrected chi connectivity index (χ4v) is 7.70. The van der Waals surface area contributed by atoms with Gasteiger partial charge in [0.25, 0.3) is 5.69 Å². The maximum absolute atomic E-state index is 14.4. The zero-order chi connectivity index (χ0) is 39.3. The van der Waals surface area contributed by atoms with Crippen molar-refractivity contribution in [2.24, 2.45) is 0 Å². The van der Waals surface area contributed by atoms with E-state index in [0.717, 1.165) is 44.1 Å². The molecular formula is C42H67N2O9P. The van der Waals surface area contributed by atoms with Crippen LogP contribution in [0.4, 0.5) is 5.69 Å². The molecule has 0 bridgehead atoms. The predicted octanol–water partition coefficient (Wildman–Crippen LogP) is 11.6. The molecule has 304 valence electrons. The van der Waals surface area contributed by atoms with Gasteiger partial charge in [-0.25, -0.2) is 9.36 Å². The van der Waals surface area contributed by atoms with E-state index in [0.29, 0.717) is 12.8 Å². The highest BCUT2D eigenvalue weighted by Gasteiger charge is 2.38. The number of ether oxygens (including phenoxy) is 2. The van der Waals surface area contributed by atoms with Crippen molar-refractivity contribution in [3.63, 3.8) is 0 Å². The number of hydrogen-bond donors (Lipinski definition) is 1. The topological polar surface area (TPSA) is 143 Å². The van der Waals surface area contributed by atoms with Crippen molar-refractivity contribution in [1.82, 2.24) is 5.09 Å². The summed E-state index contributed by atoms with van der Waals surface area (Å²) in [6, 6.07) is 13.0. The quantitative estimate of drug-likeness (QED) is 0.0245. The molecule has 0 spiro atoms. The number of nitro groups is 1. The van der Waals surface area contributed by atoms with E-state index in [9.17, 15) is 24.3 Å². The summed E-state index contributed by atoms with van der Waals surface area (Å²) in [5.41, 5.74) is 0.587. The second-order valence-corrected chi connectivity index (χ2v) is 15.8. The lowest BCUT2D eigenvalue weighted by atomic mass is 10.1. The highest BCUT2D eigenvalue weighted by Crippen LogP contribution is 2.47. The summed E-state index contributed by atoms with van der Waals surface area (Å²) < 4.78 is 37.1. The Labute approximate surface area is 324 Å². The third kappa shape index (κ3) is 21.6. The van der Waals surface area contributed by atoms with Crippen molar-refractivity contribution in [2.45, 2.75) is 168 Å². The highest BCUT2D eigenvalue weighted by molar-refractivity contribution is 7.52. The zero-order valence-corrected chi connectivity index (χ0v) is 34.1. The fraction of sp³-hybridized carbons (Fsp3) is 0.667. The number of rotatable bonds is 33. The van der Waals surface area contributed by atoms with Gasteiger partial charge in [-0.05, 0) is 43.9 Å². The summed E-state index contributed by atoms with van der Waals surface area (Å²) in [7, 11) is -4.49. The largest absolute Gasteiger partial charge is 0.465 e. The van der Waals surface area contributed by atoms with E-state index < -0.39 is 36.8 Å². The molecule has 0 heterocycles. The molecule has 2 aromatic rings. The maximum atomic E-state index is 14.4. The highest BCUT2D eigenvalue weighted by atomic mass is 31.2. The van der Waals surface area contributed by atoms with Crippen LogP contribution in [0.25, 0.3) is 0 Å². The van der Waals surface area contributed by atoms with Gasteiger partial charge in [0.15, 0.2) is 6.10 Å². The number of benzene rings is 2. The summed E-state index contributed by atoms with van der Waals surface area (Å²) in [5.74, 6) is -1.37.